The van der Waals surface area contributed by atoms with E-state index < -0.39 is 0 Å². The summed E-state index contributed by atoms with van der Waals surface area (Å²) in [5, 5.41) is 3.34. The third-order valence-electron chi connectivity index (χ3n) is 2.89. The van der Waals surface area contributed by atoms with Gasteiger partial charge in [0.1, 0.15) is 0 Å². The zero-order valence-electron chi connectivity index (χ0n) is 12.6. The number of aryl methyl sites for hydroxylation is 2. The number of hydrogen-bond donors (Lipinski definition) is 1. The van der Waals surface area contributed by atoms with Crippen LogP contribution in [0.5, 0.6) is 0 Å². The summed E-state index contributed by atoms with van der Waals surface area (Å²) in [5.41, 5.74) is 3.97. The van der Waals surface area contributed by atoms with Gasteiger partial charge >= 0.3 is 0 Å². The van der Waals surface area contributed by atoms with Crippen molar-refractivity contribution in [2.24, 2.45) is 0 Å². The molecule has 0 saturated heterocycles. The molecule has 1 rings (SSSR count). The summed E-state index contributed by atoms with van der Waals surface area (Å²) in [7, 11) is 2.00. The van der Waals surface area contributed by atoms with Gasteiger partial charge in [0.15, 0.2) is 0 Å². The highest BCUT2D eigenvalue weighted by Crippen LogP contribution is 2.13. The maximum absolute atomic E-state index is 5.85. The van der Waals surface area contributed by atoms with Crippen LogP contribution in [0.25, 0.3) is 0 Å². The number of rotatable bonds is 5. The van der Waals surface area contributed by atoms with Crippen LogP contribution >= 0.6 is 0 Å². The van der Waals surface area contributed by atoms with Gasteiger partial charge in [0.25, 0.3) is 0 Å². The Labute approximate surface area is 112 Å². The highest BCUT2D eigenvalue weighted by molar-refractivity contribution is 5.29. The molecular formula is C16H27NO. The first-order valence-corrected chi connectivity index (χ1v) is 6.68. The molecule has 1 unspecified atom stereocenters. The molecule has 2 nitrogen and oxygen atoms in total. The summed E-state index contributed by atoms with van der Waals surface area (Å²) in [6.45, 7) is 11.3. The maximum atomic E-state index is 5.85. The van der Waals surface area contributed by atoms with Crippen molar-refractivity contribution < 1.29 is 4.74 Å². The Morgan fingerprint density at radius 2 is 1.67 bits per heavy atom. The molecule has 102 valence electrons. The lowest BCUT2D eigenvalue weighted by Crippen LogP contribution is -2.36. The first kappa shape index (κ1) is 15.2. The summed E-state index contributed by atoms with van der Waals surface area (Å²) in [5.74, 6) is 0. The van der Waals surface area contributed by atoms with Crippen molar-refractivity contribution in [3.05, 3.63) is 34.9 Å². The molecule has 0 amide bonds. The van der Waals surface area contributed by atoms with E-state index in [1.165, 1.54) is 16.7 Å². The molecule has 0 heterocycles. The van der Waals surface area contributed by atoms with E-state index in [9.17, 15) is 0 Å². The topological polar surface area (TPSA) is 21.3 Å². The van der Waals surface area contributed by atoms with Gasteiger partial charge in [-0.2, -0.15) is 0 Å². The van der Waals surface area contributed by atoms with Gasteiger partial charge in [-0.1, -0.05) is 29.3 Å². The van der Waals surface area contributed by atoms with Crippen LogP contribution in [0.2, 0.25) is 0 Å². The Hall–Kier alpha value is -0.860. The van der Waals surface area contributed by atoms with E-state index in [4.69, 9.17) is 4.74 Å². The highest BCUT2D eigenvalue weighted by Gasteiger charge is 2.14. The third-order valence-corrected chi connectivity index (χ3v) is 2.89. The summed E-state index contributed by atoms with van der Waals surface area (Å²) in [6, 6.07) is 7.09. The van der Waals surface area contributed by atoms with E-state index >= 15 is 0 Å². The SMILES string of the molecule is CNC(COC(C)(C)C)Cc1cc(C)cc(C)c1. The van der Waals surface area contributed by atoms with E-state index in [2.05, 4.69) is 58.1 Å². The van der Waals surface area contributed by atoms with Gasteiger partial charge in [0.05, 0.1) is 12.2 Å². The molecule has 2 heteroatoms. The summed E-state index contributed by atoms with van der Waals surface area (Å²) >= 11 is 0. The first-order valence-electron chi connectivity index (χ1n) is 6.68. The van der Waals surface area contributed by atoms with Crippen molar-refractivity contribution in [2.75, 3.05) is 13.7 Å². The minimum absolute atomic E-state index is 0.0718. The molecule has 18 heavy (non-hydrogen) atoms. The molecule has 1 atom stereocenters. The average Bonchev–Trinajstić information content (AvgIpc) is 2.21. The van der Waals surface area contributed by atoms with Crippen LogP contribution in [0.3, 0.4) is 0 Å². The van der Waals surface area contributed by atoms with Gasteiger partial charge in [-0.25, -0.2) is 0 Å². The standard InChI is InChI=1S/C16H27NO/c1-12-7-13(2)9-14(8-12)10-15(17-6)11-18-16(3,4)5/h7-9,15,17H,10-11H2,1-6H3. The van der Waals surface area contributed by atoms with Gasteiger partial charge < -0.3 is 10.1 Å². The fourth-order valence-electron chi connectivity index (χ4n) is 2.07. The van der Waals surface area contributed by atoms with Gasteiger partial charge in [-0.3, -0.25) is 0 Å². The Kier molecular flexibility index (Phi) is 5.36. The molecular weight excluding hydrogens is 222 g/mol. The molecule has 0 aliphatic rings. The lowest BCUT2D eigenvalue weighted by Gasteiger charge is -2.24. The molecule has 0 bridgehead atoms. The molecule has 1 N–H and O–H groups in total. The van der Waals surface area contributed by atoms with Crippen molar-refractivity contribution in [1.82, 2.24) is 5.32 Å². The molecule has 1 aromatic carbocycles. The average molecular weight is 249 g/mol. The molecule has 0 saturated carbocycles. The number of likely N-dealkylation sites (N-methyl/N-ethyl adjacent to an activating group) is 1. The Bertz CT molecular complexity index is 359. The summed E-state index contributed by atoms with van der Waals surface area (Å²) in [6.07, 6.45) is 1.01. The van der Waals surface area contributed by atoms with Crippen LogP contribution in [0.15, 0.2) is 18.2 Å². The number of benzene rings is 1. The van der Waals surface area contributed by atoms with Crippen LogP contribution in [0.1, 0.15) is 37.5 Å². The molecule has 0 spiro atoms. The Morgan fingerprint density at radius 1 is 1.11 bits per heavy atom. The van der Waals surface area contributed by atoms with E-state index in [1.807, 2.05) is 7.05 Å². The molecule has 0 radical (unpaired) electrons. The molecule has 0 aromatic heterocycles. The van der Waals surface area contributed by atoms with Crippen LogP contribution in [-0.4, -0.2) is 25.3 Å². The maximum Gasteiger partial charge on any atom is 0.0629 e. The molecule has 0 aliphatic carbocycles. The van der Waals surface area contributed by atoms with E-state index in [0.29, 0.717) is 6.04 Å². The van der Waals surface area contributed by atoms with E-state index in [-0.39, 0.29) is 5.60 Å². The zero-order chi connectivity index (χ0) is 13.8. The number of hydrogen-bond acceptors (Lipinski definition) is 2. The van der Waals surface area contributed by atoms with Gasteiger partial charge in [0.2, 0.25) is 0 Å². The van der Waals surface area contributed by atoms with Crippen LogP contribution in [-0.2, 0) is 11.2 Å². The van der Waals surface area contributed by atoms with Gasteiger partial charge in [0, 0.05) is 6.04 Å². The van der Waals surface area contributed by atoms with Crippen LogP contribution < -0.4 is 5.32 Å². The normalized spacial score (nSPS) is 13.7. The predicted octanol–water partition coefficient (Wildman–Crippen LogP) is 3.25. The molecule has 0 fully saturated rings. The highest BCUT2D eigenvalue weighted by atomic mass is 16.5. The monoisotopic (exact) mass is 249 g/mol. The quantitative estimate of drug-likeness (QED) is 0.865. The summed E-state index contributed by atoms with van der Waals surface area (Å²) < 4.78 is 5.85. The van der Waals surface area contributed by atoms with Crippen LogP contribution in [0.4, 0.5) is 0 Å². The minimum atomic E-state index is -0.0718. The largest absolute Gasteiger partial charge is 0.374 e. The predicted molar refractivity (Wildman–Crippen MR) is 78.2 cm³/mol. The molecule has 1 aromatic rings. The fourth-order valence-corrected chi connectivity index (χ4v) is 2.07. The van der Waals surface area contributed by atoms with Gasteiger partial charge in [-0.05, 0) is 53.7 Å². The van der Waals surface area contributed by atoms with Crippen molar-refractivity contribution in [3.63, 3.8) is 0 Å². The van der Waals surface area contributed by atoms with Crippen LogP contribution in [0, 0.1) is 13.8 Å². The number of ether oxygens (including phenoxy) is 1. The number of nitrogens with one attached hydrogen (secondary N) is 1. The minimum Gasteiger partial charge on any atom is -0.374 e. The smallest absolute Gasteiger partial charge is 0.0629 e. The van der Waals surface area contributed by atoms with Crippen molar-refractivity contribution in [1.29, 1.82) is 0 Å². The Morgan fingerprint density at radius 3 is 2.11 bits per heavy atom. The lowest BCUT2D eigenvalue weighted by molar-refractivity contribution is -0.0134. The Balaban J connectivity index is 2.62. The van der Waals surface area contributed by atoms with Crippen molar-refractivity contribution in [3.8, 4) is 0 Å². The van der Waals surface area contributed by atoms with E-state index in [1.54, 1.807) is 0 Å². The fraction of sp³-hybridized carbons (Fsp3) is 0.625. The second-order valence-corrected chi connectivity index (χ2v) is 6.11. The molecule has 0 aliphatic heterocycles. The van der Waals surface area contributed by atoms with Crippen molar-refractivity contribution >= 4 is 0 Å². The zero-order valence-corrected chi connectivity index (χ0v) is 12.6. The lowest BCUT2D eigenvalue weighted by atomic mass is 10.0. The third kappa shape index (κ3) is 5.65. The van der Waals surface area contributed by atoms with Crippen molar-refractivity contribution in [2.45, 2.75) is 52.7 Å². The summed E-state index contributed by atoms with van der Waals surface area (Å²) in [4.78, 5) is 0. The van der Waals surface area contributed by atoms with Gasteiger partial charge in [-0.15, -0.1) is 0 Å². The second kappa shape index (κ2) is 6.35. The van der Waals surface area contributed by atoms with E-state index in [0.717, 1.165) is 13.0 Å². The second-order valence-electron chi connectivity index (χ2n) is 6.11. The first-order chi connectivity index (χ1) is 8.30.